The Bertz CT molecular complexity index is 3240. The topological polar surface area (TPSA) is 42.9 Å². The molecule has 1 aromatic carbocycles. The van der Waals surface area contributed by atoms with Crippen molar-refractivity contribution in [3.63, 3.8) is 0 Å². The zero-order valence-electron chi connectivity index (χ0n) is 56.1. The van der Waals surface area contributed by atoms with Crippen molar-refractivity contribution in [3.8, 4) is 59.9 Å². The standard InChI is InChI=1S/C79H112N2OS7/c1-7-13-19-25-31-37-43-59-51-52-83-76(59)68-56-63(47-41-35-29-23-17-11-5)78(87-68)70-54-61(45-39-33-27-21-15-9-3)74(85-70)66-49-50-67(73-72(66)80-89-81-73)75-62(46-40-34-28-22-16-10-4)55-71(86-75)79-64(48-42-36-30-24-18-12-6)57-69(88-79)77-60(53-65(58-82)84-77)44-38-32-26-20-14-8-2/h49-58H,7-48H2,1-6H3. The summed E-state index contributed by atoms with van der Waals surface area (Å²) in [5.41, 5.74) is 13.6. The fourth-order valence-corrected chi connectivity index (χ4v) is 21.2. The third kappa shape index (κ3) is 21.7. The first-order valence-electron chi connectivity index (χ1n) is 36.4. The lowest BCUT2D eigenvalue weighted by Crippen LogP contribution is -1.90. The molecule has 0 unspecified atom stereocenters. The molecule has 0 aliphatic rings. The lowest BCUT2D eigenvalue weighted by atomic mass is 9.97. The Kier molecular flexibility index (Phi) is 33.0. The van der Waals surface area contributed by atoms with Crippen molar-refractivity contribution in [2.45, 2.75) is 311 Å². The second kappa shape index (κ2) is 40.9. The number of thiophene rings is 6. The maximum atomic E-state index is 12.4. The maximum absolute atomic E-state index is 12.4. The van der Waals surface area contributed by atoms with E-state index >= 15 is 0 Å². The minimum Gasteiger partial charge on any atom is -0.297 e. The molecule has 0 spiro atoms. The summed E-state index contributed by atoms with van der Waals surface area (Å²) in [6.07, 6.45) is 54.6. The highest BCUT2D eigenvalue weighted by atomic mass is 32.1. The summed E-state index contributed by atoms with van der Waals surface area (Å²) in [4.78, 5) is 27.6. The average molecular weight is 1330 g/mol. The van der Waals surface area contributed by atoms with E-state index in [1.54, 1.807) is 22.5 Å². The Morgan fingerprint density at radius 3 is 0.933 bits per heavy atom. The monoisotopic (exact) mass is 1330 g/mol. The molecular formula is C79H112N2OS7. The first kappa shape index (κ1) is 71.8. The van der Waals surface area contributed by atoms with Gasteiger partial charge in [0, 0.05) is 59.9 Å². The van der Waals surface area contributed by atoms with E-state index in [4.69, 9.17) is 8.75 Å². The van der Waals surface area contributed by atoms with E-state index in [-0.39, 0.29) is 0 Å². The van der Waals surface area contributed by atoms with Gasteiger partial charge in [0.15, 0.2) is 6.29 Å². The Morgan fingerprint density at radius 2 is 0.584 bits per heavy atom. The van der Waals surface area contributed by atoms with E-state index in [1.807, 2.05) is 45.3 Å². The molecule has 7 aromatic heterocycles. The number of nitrogens with zero attached hydrogens (tertiary/aromatic N) is 2. The van der Waals surface area contributed by atoms with Crippen LogP contribution in [0.25, 0.3) is 70.9 Å². The molecule has 0 saturated heterocycles. The molecule has 0 N–H and O–H groups in total. The normalized spacial score (nSPS) is 11.8. The molecule has 0 amide bonds. The summed E-state index contributed by atoms with van der Waals surface area (Å²) in [5.74, 6) is 0. The van der Waals surface area contributed by atoms with Gasteiger partial charge in [0.25, 0.3) is 0 Å². The Balaban J connectivity index is 1.18. The lowest BCUT2D eigenvalue weighted by molar-refractivity contribution is 0.112. The van der Waals surface area contributed by atoms with Gasteiger partial charge in [-0.3, -0.25) is 4.79 Å². The van der Waals surface area contributed by atoms with Crippen molar-refractivity contribution in [1.29, 1.82) is 0 Å². The Hall–Kier alpha value is -3.09. The highest BCUT2D eigenvalue weighted by molar-refractivity contribution is 7.28. The molecule has 0 atom stereocenters. The molecule has 0 bridgehead atoms. The van der Waals surface area contributed by atoms with E-state index in [0.29, 0.717) is 0 Å². The van der Waals surface area contributed by atoms with Crippen molar-refractivity contribution in [2.24, 2.45) is 0 Å². The SMILES string of the molecule is CCCCCCCCc1ccsc1-c1cc(CCCCCCCC)c(-c2cc(CCCCCCCC)c(-c3ccc(-c4sc(-c5sc(-c6sc(C=O)cc6CCCCCCCC)cc5CCCCCCCC)cc4CCCCCCCC)c4nsnc34)s2)s1. The van der Waals surface area contributed by atoms with Crippen LogP contribution in [0.15, 0.2) is 53.9 Å². The second-order valence-electron chi connectivity index (χ2n) is 26.0. The van der Waals surface area contributed by atoms with Gasteiger partial charge in [0.2, 0.25) is 0 Å². The van der Waals surface area contributed by atoms with E-state index in [1.165, 1.54) is 331 Å². The highest BCUT2D eigenvalue weighted by Gasteiger charge is 2.26. The number of carbonyl (C=O) groups is 1. The molecular weight excluding hydrogens is 1220 g/mol. The van der Waals surface area contributed by atoms with Gasteiger partial charge in [0.05, 0.1) is 16.6 Å². The summed E-state index contributed by atoms with van der Waals surface area (Å²) in [6.45, 7) is 13.9. The molecule has 89 heavy (non-hydrogen) atoms. The Labute approximate surface area is 569 Å². The van der Waals surface area contributed by atoms with Crippen LogP contribution in [0.3, 0.4) is 0 Å². The molecule has 0 fully saturated rings. The summed E-state index contributed by atoms with van der Waals surface area (Å²) >= 11 is 13.2. The third-order valence-corrected chi connectivity index (χ3v) is 26.6. The van der Waals surface area contributed by atoms with Gasteiger partial charge < -0.3 is 0 Å². The molecule has 486 valence electrons. The van der Waals surface area contributed by atoms with Crippen LogP contribution >= 0.6 is 79.7 Å². The molecule has 0 aliphatic carbocycles. The zero-order valence-corrected chi connectivity index (χ0v) is 61.8. The van der Waals surface area contributed by atoms with Crippen LogP contribution < -0.4 is 0 Å². The maximum Gasteiger partial charge on any atom is 0.160 e. The van der Waals surface area contributed by atoms with Crippen LogP contribution in [0.1, 0.15) is 316 Å². The molecule has 0 saturated carbocycles. The average Bonchev–Trinajstić information content (AvgIpc) is 2.63. The van der Waals surface area contributed by atoms with Crippen molar-refractivity contribution < 1.29 is 4.79 Å². The summed E-state index contributed by atoms with van der Waals surface area (Å²) in [5, 5.41) is 2.36. The van der Waals surface area contributed by atoms with Gasteiger partial charge in [-0.05, 0) is 152 Å². The van der Waals surface area contributed by atoms with E-state index in [2.05, 4.69) is 107 Å². The van der Waals surface area contributed by atoms with Crippen molar-refractivity contribution in [2.75, 3.05) is 0 Å². The summed E-state index contributed by atoms with van der Waals surface area (Å²) < 4.78 is 10.6. The van der Waals surface area contributed by atoms with Crippen molar-refractivity contribution in [1.82, 2.24) is 8.75 Å². The number of hydrogen-bond donors (Lipinski definition) is 0. The third-order valence-electron chi connectivity index (χ3n) is 18.5. The number of fused-ring (bicyclic) bond motifs is 1. The van der Waals surface area contributed by atoms with E-state index < -0.39 is 0 Å². The summed E-state index contributed by atoms with van der Waals surface area (Å²) in [6, 6.07) is 20.0. The number of aromatic nitrogens is 2. The van der Waals surface area contributed by atoms with E-state index in [0.717, 1.165) is 54.3 Å². The molecule has 8 aromatic rings. The number of rotatable bonds is 49. The number of carbonyl (C=O) groups excluding carboxylic acids is 1. The fraction of sp³-hybridized carbons (Fsp3) is 0.608. The molecule has 10 heteroatoms. The number of benzene rings is 1. The van der Waals surface area contributed by atoms with Crippen LogP contribution in [0.2, 0.25) is 0 Å². The number of unbranched alkanes of at least 4 members (excludes halogenated alkanes) is 30. The number of aryl methyl sites for hydroxylation is 6. The van der Waals surface area contributed by atoms with Gasteiger partial charge in [-0.15, -0.1) is 68.0 Å². The van der Waals surface area contributed by atoms with Crippen molar-refractivity contribution >= 4 is 97.1 Å². The largest absolute Gasteiger partial charge is 0.297 e. The molecule has 3 nitrogen and oxygen atoms in total. The first-order valence-corrected chi connectivity index (χ1v) is 42.0. The van der Waals surface area contributed by atoms with Crippen LogP contribution in [-0.2, 0) is 38.5 Å². The number of aldehydes is 1. The van der Waals surface area contributed by atoms with Gasteiger partial charge in [-0.1, -0.05) is 246 Å². The zero-order chi connectivity index (χ0) is 62.3. The minimum atomic E-state index is 0.862. The first-order chi connectivity index (χ1) is 43.9. The molecule has 0 aliphatic heterocycles. The molecule has 8 rings (SSSR count). The minimum absolute atomic E-state index is 0.862. The quantitative estimate of drug-likeness (QED) is 0.0282. The van der Waals surface area contributed by atoms with Gasteiger partial charge >= 0.3 is 0 Å². The summed E-state index contributed by atoms with van der Waals surface area (Å²) in [7, 11) is 0. The fourth-order valence-electron chi connectivity index (χ4n) is 13.2. The second-order valence-corrected chi connectivity index (χ2v) is 32.7. The lowest BCUT2D eigenvalue weighted by Gasteiger charge is -2.09. The predicted molar refractivity (Wildman–Crippen MR) is 405 cm³/mol. The van der Waals surface area contributed by atoms with E-state index in [9.17, 15) is 4.79 Å². The van der Waals surface area contributed by atoms with Crippen LogP contribution in [-0.4, -0.2) is 15.0 Å². The smallest absolute Gasteiger partial charge is 0.160 e. The van der Waals surface area contributed by atoms with Crippen molar-refractivity contribution in [3.05, 3.63) is 92.2 Å². The Morgan fingerprint density at radius 1 is 0.303 bits per heavy atom. The number of hydrogen-bond acceptors (Lipinski definition) is 10. The van der Waals surface area contributed by atoms with Crippen LogP contribution in [0.4, 0.5) is 0 Å². The van der Waals surface area contributed by atoms with Gasteiger partial charge in [-0.2, -0.15) is 8.75 Å². The van der Waals surface area contributed by atoms with Crippen LogP contribution in [0.5, 0.6) is 0 Å². The van der Waals surface area contributed by atoms with Gasteiger partial charge in [-0.25, -0.2) is 0 Å². The molecule has 0 radical (unpaired) electrons. The highest BCUT2D eigenvalue weighted by Crippen LogP contribution is 2.52. The predicted octanol–water partition coefficient (Wildman–Crippen LogP) is 29.3. The van der Waals surface area contributed by atoms with Gasteiger partial charge in [0.1, 0.15) is 11.0 Å². The van der Waals surface area contributed by atoms with Crippen LogP contribution in [0, 0.1) is 0 Å². The molecule has 7 heterocycles.